The van der Waals surface area contributed by atoms with Gasteiger partial charge in [0.2, 0.25) is 0 Å². The van der Waals surface area contributed by atoms with Gasteiger partial charge in [0.1, 0.15) is 0 Å². The van der Waals surface area contributed by atoms with Crippen molar-refractivity contribution in [3.63, 3.8) is 0 Å². The summed E-state index contributed by atoms with van der Waals surface area (Å²) in [5.41, 5.74) is 1.17. The summed E-state index contributed by atoms with van der Waals surface area (Å²) in [4.78, 5) is 0. The Bertz CT molecular complexity index is 954. The second-order valence-electron chi connectivity index (χ2n) is 7.80. The van der Waals surface area contributed by atoms with Crippen LogP contribution in [0.3, 0.4) is 0 Å². The zero-order chi connectivity index (χ0) is 21.5. The molecule has 4 aromatic carbocycles. The predicted octanol–water partition coefficient (Wildman–Crippen LogP) is 6.42. The Labute approximate surface area is 189 Å². The minimum absolute atomic E-state index is 0.451. The molecule has 0 aromatic heterocycles. The first-order valence-electron chi connectivity index (χ1n) is 11.1. The molecular weight excluding hydrogens is 410 g/mol. The van der Waals surface area contributed by atoms with E-state index in [1.54, 1.807) is 0 Å². The molecule has 0 spiro atoms. The topological polar surface area (TPSA) is 0 Å². The van der Waals surface area contributed by atoms with Gasteiger partial charge in [-0.05, 0) is 54.8 Å². The maximum absolute atomic E-state index is 2.50. The third kappa shape index (κ3) is 5.15. The lowest BCUT2D eigenvalue weighted by molar-refractivity contribution is 0.796. The maximum atomic E-state index is 2.50. The lowest BCUT2D eigenvalue weighted by Crippen LogP contribution is -2.33. The van der Waals surface area contributed by atoms with Crippen molar-refractivity contribution < 1.29 is 0 Å². The van der Waals surface area contributed by atoms with Gasteiger partial charge >= 0.3 is 0 Å². The van der Waals surface area contributed by atoms with Gasteiger partial charge in [-0.3, -0.25) is 0 Å². The molecule has 0 aliphatic carbocycles. The number of rotatable bonds is 8. The summed E-state index contributed by atoms with van der Waals surface area (Å²) >= 11 is 0. The summed E-state index contributed by atoms with van der Waals surface area (Å²) in [5.74, 6) is 0. The molecule has 0 aliphatic heterocycles. The molecule has 0 heterocycles. The van der Waals surface area contributed by atoms with Gasteiger partial charge < -0.3 is 0 Å². The van der Waals surface area contributed by atoms with Gasteiger partial charge in [0.25, 0.3) is 0 Å². The van der Waals surface area contributed by atoms with E-state index in [9.17, 15) is 0 Å². The summed E-state index contributed by atoms with van der Waals surface area (Å²) in [7, 11) is -0.905. The summed E-state index contributed by atoms with van der Waals surface area (Å²) in [5, 5.41) is 5.92. The van der Waals surface area contributed by atoms with Gasteiger partial charge in [0, 0.05) is 0 Å². The first-order valence-corrected chi connectivity index (χ1v) is 13.9. The summed E-state index contributed by atoms with van der Waals surface area (Å²) in [6, 6.07) is 44.7. The molecule has 4 rings (SSSR count). The van der Waals surface area contributed by atoms with Crippen LogP contribution in [0.15, 0.2) is 121 Å². The zero-order valence-corrected chi connectivity index (χ0v) is 20.1. The molecule has 0 amide bonds. The van der Waals surface area contributed by atoms with Gasteiger partial charge in [-0.15, -0.1) is 0 Å². The van der Waals surface area contributed by atoms with Crippen LogP contribution in [-0.4, -0.2) is 11.3 Å². The standard InChI is InChI=1S/C29H30P2/c1-3-29(31(27-20-12-6-13-21-27)28-22-14-7-15-23-28)24(2)30(25-16-8-4-9-17-25)26-18-10-5-11-19-26/h4-24,29H,3H2,1-2H3/t24-,29-/m1/s1. The largest absolute Gasteiger partial charge is 0.0647 e. The van der Waals surface area contributed by atoms with Crippen LogP contribution in [0.2, 0.25) is 0 Å². The molecule has 0 aliphatic rings. The predicted molar refractivity (Wildman–Crippen MR) is 142 cm³/mol. The van der Waals surface area contributed by atoms with Gasteiger partial charge in [-0.2, -0.15) is 0 Å². The van der Waals surface area contributed by atoms with E-state index in [0.717, 1.165) is 0 Å². The molecule has 0 bridgehead atoms. The third-order valence-corrected chi connectivity index (χ3v) is 12.2. The fourth-order valence-corrected chi connectivity index (χ4v) is 10.8. The number of benzene rings is 4. The van der Waals surface area contributed by atoms with E-state index in [-0.39, 0.29) is 0 Å². The van der Waals surface area contributed by atoms with E-state index in [0.29, 0.717) is 11.3 Å². The Balaban J connectivity index is 1.80. The summed E-state index contributed by atoms with van der Waals surface area (Å²) in [6.45, 7) is 4.88. The Kier molecular flexibility index (Phi) is 7.69. The van der Waals surface area contributed by atoms with Gasteiger partial charge in [0.15, 0.2) is 0 Å². The van der Waals surface area contributed by atoms with Crippen LogP contribution in [0.25, 0.3) is 0 Å². The minimum Gasteiger partial charge on any atom is -0.0647 e. The quantitative estimate of drug-likeness (QED) is 0.277. The summed E-state index contributed by atoms with van der Waals surface area (Å²) in [6.07, 6.45) is 1.18. The Hall–Kier alpha value is -2.26. The second kappa shape index (κ2) is 10.9. The van der Waals surface area contributed by atoms with Crippen LogP contribution < -0.4 is 21.2 Å². The van der Waals surface area contributed by atoms with Crippen molar-refractivity contribution in [2.45, 2.75) is 31.6 Å². The summed E-state index contributed by atoms with van der Waals surface area (Å²) < 4.78 is 0. The minimum atomic E-state index is -0.454. The fraction of sp³-hybridized carbons (Fsp3) is 0.172. The molecule has 0 nitrogen and oxygen atoms in total. The molecule has 0 saturated carbocycles. The molecule has 2 heteroatoms. The van der Waals surface area contributed by atoms with Crippen molar-refractivity contribution in [2.24, 2.45) is 0 Å². The Morgan fingerprint density at radius 2 is 0.774 bits per heavy atom. The van der Waals surface area contributed by atoms with Crippen LogP contribution in [-0.2, 0) is 0 Å². The highest BCUT2D eigenvalue weighted by Gasteiger charge is 2.33. The molecule has 4 aromatic rings. The average Bonchev–Trinajstić information content (AvgIpc) is 2.85. The van der Waals surface area contributed by atoms with Crippen LogP contribution in [0.5, 0.6) is 0 Å². The van der Waals surface area contributed by atoms with Crippen molar-refractivity contribution in [1.29, 1.82) is 0 Å². The van der Waals surface area contributed by atoms with E-state index in [2.05, 4.69) is 135 Å². The average molecular weight is 441 g/mol. The van der Waals surface area contributed by atoms with Crippen LogP contribution in [0.4, 0.5) is 0 Å². The Morgan fingerprint density at radius 3 is 1.06 bits per heavy atom. The molecule has 0 radical (unpaired) electrons. The van der Waals surface area contributed by atoms with Crippen molar-refractivity contribution >= 4 is 37.1 Å². The van der Waals surface area contributed by atoms with Gasteiger partial charge in [-0.25, -0.2) is 0 Å². The van der Waals surface area contributed by atoms with Crippen molar-refractivity contribution in [1.82, 2.24) is 0 Å². The van der Waals surface area contributed by atoms with Crippen LogP contribution in [0.1, 0.15) is 20.3 Å². The molecule has 2 atom stereocenters. The second-order valence-corrected chi connectivity index (χ2v) is 12.8. The number of hydrogen-bond donors (Lipinski definition) is 0. The van der Waals surface area contributed by atoms with E-state index in [4.69, 9.17) is 0 Å². The molecule has 0 saturated heterocycles. The molecular formula is C29H30P2. The number of hydrogen-bond acceptors (Lipinski definition) is 0. The lowest BCUT2D eigenvalue weighted by Gasteiger charge is -2.37. The monoisotopic (exact) mass is 440 g/mol. The lowest BCUT2D eigenvalue weighted by atomic mass is 10.2. The van der Waals surface area contributed by atoms with Crippen LogP contribution >= 0.6 is 15.8 Å². The Morgan fingerprint density at radius 1 is 0.484 bits per heavy atom. The zero-order valence-electron chi connectivity index (χ0n) is 18.3. The van der Waals surface area contributed by atoms with Crippen molar-refractivity contribution in [3.8, 4) is 0 Å². The van der Waals surface area contributed by atoms with E-state index in [1.165, 1.54) is 27.6 Å². The SMILES string of the molecule is CC[C@H]([C@@H](C)P(c1ccccc1)c1ccccc1)P(c1ccccc1)c1ccccc1. The molecule has 0 fully saturated rings. The first kappa shape index (κ1) is 22.0. The molecule has 156 valence electrons. The third-order valence-electron chi connectivity index (χ3n) is 5.85. The fourth-order valence-electron chi connectivity index (χ4n) is 4.42. The first-order chi connectivity index (χ1) is 15.3. The van der Waals surface area contributed by atoms with Crippen molar-refractivity contribution in [2.75, 3.05) is 0 Å². The smallest absolute Gasteiger partial charge is 0.00604 e. The van der Waals surface area contributed by atoms with E-state index >= 15 is 0 Å². The van der Waals surface area contributed by atoms with E-state index in [1.807, 2.05) is 0 Å². The highest BCUT2D eigenvalue weighted by molar-refractivity contribution is 7.77. The van der Waals surface area contributed by atoms with E-state index < -0.39 is 15.8 Å². The van der Waals surface area contributed by atoms with Gasteiger partial charge in [-0.1, -0.05) is 135 Å². The molecule has 31 heavy (non-hydrogen) atoms. The van der Waals surface area contributed by atoms with Gasteiger partial charge in [0.05, 0.1) is 0 Å². The maximum Gasteiger partial charge on any atom is -0.00604 e. The van der Waals surface area contributed by atoms with Crippen LogP contribution in [0, 0.1) is 0 Å². The highest BCUT2D eigenvalue weighted by atomic mass is 31.1. The normalized spacial score (nSPS) is 13.3. The van der Waals surface area contributed by atoms with Crippen molar-refractivity contribution in [3.05, 3.63) is 121 Å². The highest BCUT2D eigenvalue weighted by Crippen LogP contribution is 2.52. The molecule has 0 N–H and O–H groups in total. The molecule has 0 unspecified atom stereocenters.